The summed E-state index contributed by atoms with van der Waals surface area (Å²) >= 11 is 0. The molecule has 0 aromatic heterocycles. The second-order valence-corrected chi connectivity index (χ2v) is 4.75. The van der Waals surface area contributed by atoms with Crippen molar-refractivity contribution in [1.29, 1.82) is 0 Å². The first-order valence-electron chi connectivity index (χ1n) is 6.19. The summed E-state index contributed by atoms with van der Waals surface area (Å²) in [6.07, 6.45) is 2.59. The molecule has 1 rings (SSSR count). The van der Waals surface area contributed by atoms with E-state index in [1.54, 1.807) is 19.9 Å². The van der Waals surface area contributed by atoms with Gasteiger partial charge >= 0.3 is 6.03 Å². The molecule has 0 radical (unpaired) electrons. The van der Waals surface area contributed by atoms with E-state index in [1.807, 2.05) is 13.8 Å². The molecule has 0 aliphatic carbocycles. The highest BCUT2D eigenvalue weighted by Gasteiger charge is 2.50. The Balaban J connectivity index is 3.06. The van der Waals surface area contributed by atoms with Gasteiger partial charge in [-0.1, -0.05) is 25.5 Å². The topological polar surface area (TPSA) is 66.5 Å². The van der Waals surface area contributed by atoms with Crippen molar-refractivity contribution in [1.82, 2.24) is 10.2 Å². The summed E-state index contributed by atoms with van der Waals surface area (Å²) in [5.41, 5.74) is -0.0743. The molecular formula is C13H20N2O3. The van der Waals surface area contributed by atoms with E-state index in [0.29, 0.717) is 12.8 Å². The molecule has 100 valence electrons. The SMILES string of the molecule is CCC1(CC)C(=O)NC(=O)N(CC=C(C)C)C1=O. The van der Waals surface area contributed by atoms with Gasteiger partial charge in [-0.3, -0.25) is 19.8 Å². The molecule has 0 spiro atoms. The monoisotopic (exact) mass is 252 g/mol. The van der Waals surface area contributed by atoms with Crippen molar-refractivity contribution in [2.75, 3.05) is 6.54 Å². The predicted octanol–water partition coefficient (Wildman–Crippen LogP) is 1.84. The van der Waals surface area contributed by atoms with Gasteiger partial charge in [-0.2, -0.15) is 0 Å². The minimum absolute atomic E-state index is 0.210. The van der Waals surface area contributed by atoms with E-state index in [-0.39, 0.29) is 6.54 Å². The molecule has 5 heteroatoms. The summed E-state index contributed by atoms with van der Waals surface area (Å²) < 4.78 is 0. The van der Waals surface area contributed by atoms with E-state index in [1.165, 1.54) is 0 Å². The number of barbiturate groups is 1. The fraction of sp³-hybridized carbons (Fsp3) is 0.615. The lowest BCUT2D eigenvalue weighted by atomic mass is 9.78. The van der Waals surface area contributed by atoms with E-state index in [9.17, 15) is 14.4 Å². The van der Waals surface area contributed by atoms with Gasteiger partial charge in [-0.25, -0.2) is 4.79 Å². The second-order valence-electron chi connectivity index (χ2n) is 4.75. The average Bonchev–Trinajstić information content (AvgIpc) is 2.29. The Kier molecular flexibility index (Phi) is 4.27. The first-order valence-corrected chi connectivity index (χ1v) is 6.19. The average molecular weight is 252 g/mol. The van der Waals surface area contributed by atoms with Crippen LogP contribution in [0.15, 0.2) is 11.6 Å². The van der Waals surface area contributed by atoms with E-state index in [4.69, 9.17) is 0 Å². The van der Waals surface area contributed by atoms with Crippen molar-refractivity contribution >= 4 is 17.8 Å². The molecule has 1 fully saturated rings. The van der Waals surface area contributed by atoms with Gasteiger partial charge in [-0.05, 0) is 26.7 Å². The molecule has 0 aromatic carbocycles. The number of allylic oxidation sites excluding steroid dienone is 1. The Hall–Kier alpha value is -1.65. The lowest BCUT2D eigenvalue weighted by Gasteiger charge is -2.37. The zero-order valence-electron chi connectivity index (χ0n) is 11.4. The van der Waals surface area contributed by atoms with E-state index < -0.39 is 23.3 Å². The van der Waals surface area contributed by atoms with Crippen LogP contribution in [0.5, 0.6) is 0 Å². The van der Waals surface area contributed by atoms with E-state index in [0.717, 1.165) is 10.5 Å². The summed E-state index contributed by atoms with van der Waals surface area (Å²) in [5, 5.41) is 2.27. The maximum atomic E-state index is 12.4. The molecule has 0 aromatic rings. The number of carbonyl (C=O) groups excluding carboxylic acids is 3. The molecule has 1 N–H and O–H groups in total. The van der Waals surface area contributed by atoms with Crippen LogP contribution in [0.1, 0.15) is 40.5 Å². The highest BCUT2D eigenvalue weighted by atomic mass is 16.2. The van der Waals surface area contributed by atoms with Crippen molar-refractivity contribution in [2.45, 2.75) is 40.5 Å². The van der Waals surface area contributed by atoms with Crippen molar-refractivity contribution in [2.24, 2.45) is 5.41 Å². The van der Waals surface area contributed by atoms with Crippen LogP contribution in [0, 0.1) is 5.41 Å². The number of hydrogen-bond acceptors (Lipinski definition) is 3. The van der Waals surface area contributed by atoms with Gasteiger partial charge in [0, 0.05) is 6.54 Å². The molecule has 1 saturated heterocycles. The van der Waals surface area contributed by atoms with Gasteiger partial charge < -0.3 is 0 Å². The maximum absolute atomic E-state index is 12.4. The molecule has 18 heavy (non-hydrogen) atoms. The Morgan fingerprint density at radius 3 is 2.22 bits per heavy atom. The third-order valence-corrected chi connectivity index (χ3v) is 3.44. The highest BCUT2D eigenvalue weighted by molar-refractivity contribution is 6.19. The van der Waals surface area contributed by atoms with E-state index in [2.05, 4.69) is 5.32 Å². The van der Waals surface area contributed by atoms with Crippen LogP contribution in [-0.4, -0.2) is 29.3 Å². The number of nitrogens with one attached hydrogen (secondary N) is 1. The third kappa shape index (κ3) is 2.30. The summed E-state index contributed by atoms with van der Waals surface area (Å²) in [7, 11) is 0. The maximum Gasteiger partial charge on any atom is 0.331 e. The van der Waals surface area contributed by atoms with Crippen LogP contribution in [0.4, 0.5) is 4.79 Å². The fourth-order valence-electron chi connectivity index (χ4n) is 2.05. The first kappa shape index (κ1) is 14.4. The van der Waals surface area contributed by atoms with Crippen LogP contribution in [-0.2, 0) is 9.59 Å². The van der Waals surface area contributed by atoms with Crippen LogP contribution < -0.4 is 5.32 Å². The summed E-state index contributed by atoms with van der Waals surface area (Å²) in [4.78, 5) is 37.0. The Labute approximate surface area is 107 Å². The molecule has 0 saturated carbocycles. The standard InChI is InChI=1S/C13H20N2O3/c1-5-13(6-2)10(16)14-12(18)15(11(13)17)8-7-9(3)4/h7H,5-6,8H2,1-4H3,(H,14,16,18). The molecule has 1 aliphatic rings. The molecule has 1 heterocycles. The summed E-state index contributed by atoms with van der Waals surface area (Å²) in [5.74, 6) is -0.866. The number of amides is 4. The number of carbonyl (C=O) groups is 3. The zero-order valence-corrected chi connectivity index (χ0v) is 11.4. The number of urea groups is 1. The minimum atomic E-state index is -1.09. The second kappa shape index (κ2) is 5.33. The normalized spacial score (nSPS) is 18.7. The van der Waals surface area contributed by atoms with Crippen LogP contribution >= 0.6 is 0 Å². The largest absolute Gasteiger partial charge is 0.331 e. The van der Waals surface area contributed by atoms with Crippen molar-refractivity contribution in [3.63, 3.8) is 0 Å². The van der Waals surface area contributed by atoms with Crippen LogP contribution in [0.25, 0.3) is 0 Å². The van der Waals surface area contributed by atoms with Crippen molar-refractivity contribution < 1.29 is 14.4 Å². The lowest BCUT2D eigenvalue weighted by Crippen LogP contribution is -2.63. The van der Waals surface area contributed by atoms with Crippen molar-refractivity contribution in [3.8, 4) is 0 Å². The molecule has 1 aliphatic heterocycles. The lowest BCUT2D eigenvalue weighted by molar-refractivity contribution is -0.151. The molecular weight excluding hydrogens is 232 g/mol. The summed E-state index contributed by atoms with van der Waals surface area (Å²) in [6.45, 7) is 7.57. The van der Waals surface area contributed by atoms with Crippen molar-refractivity contribution in [3.05, 3.63) is 11.6 Å². The van der Waals surface area contributed by atoms with Gasteiger partial charge in [0.15, 0.2) is 0 Å². The van der Waals surface area contributed by atoms with Crippen LogP contribution in [0.3, 0.4) is 0 Å². The smallest absolute Gasteiger partial charge is 0.277 e. The first-order chi connectivity index (χ1) is 8.39. The van der Waals surface area contributed by atoms with E-state index >= 15 is 0 Å². The Morgan fingerprint density at radius 1 is 1.22 bits per heavy atom. The third-order valence-electron chi connectivity index (χ3n) is 3.44. The van der Waals surface area contributed by atoms with Gasteiger partial charge in [0.2, 0.25) is 11.8 Å². The number of rotatable bonds is 4. The number of hydrogen-bond donors (Lipinski definition) is 1. The van der Waals surface area contributed by atoms with Gasteiger partial charge in [-0.15, -0.1) is 0 Å². The highest BCUT2D eigenvalue weighted by Crippen LogP contribution is 2.32. The summed E-state index contributed by atoms with van der Waals surface area (Å²) in [6, 6.07) is -0.625. The fourth-order valence-corrected chi connectivity index (χ4v) is 2.05. The number of imide groups is 2. The van der Waals surface area contributed by atoms with Gasteiger partial charge in [0.25, 0.3) is 0 Å². The Morgan fingerprint density at radius 2 is 1.78 bits per heavy atom. The quantitative estimate of drug-likeness (QED) is 0.613. The molecule has 0 atom stereocenters. The molecule has 0 unspecified atom stereocenters. The molecule has 0 bridgehead atoms. The van der Waals surface area contributed by atoms with Gasteiger partial charge in [0.1, 0.15) is 5.41 Å². The molecule has 5 nitrogen and oxygen atoms in total. The van der Waals surface area contributed by atoms with Crippen LogP contribution in [0.2, 0.25) is 0 Å². The zero-order chi connectivity index (χ0) is 13.9. The predicted molar refractivity (Wildman–Crippen MR) is 67.7 cm³/mol. The minimum Gasteiger partial charge on any atom is -0.277 e. The Bertz CT molecular complexity index is 404. The van der Waals surface area contributed by atoms with Gasteiger partial charge in [0.05, 0.1) is 0 Å². The number of nitrogens with zero attached hydrogens (tertiary/aromatic N) is 1. The molecule has 4 amide bonds.